The van der Waals surface area contributed by atoms with Gasteiger partial charge < -0.3 is 14.4 Å². The second kappa shape index (κ2) is 9.01. The van der Waals surface area contributed by atoms with Gasteiger partial charge in [0.2, 0.25) is 22.7 Å². The van der Waals surface area contributed by atoms with Crippen LogP contribution in [0.25, 0.3) is 0 Å². The van der Waals surface area contributed by atoms with Gasteiger partial charge in [0.25, 0.3) is 0 Å². The molecule has 3 rings (SSSR count). The highest BCUT2D eigenvalue weighted by atomic mass is 32.2. The third-order valence-corrected chi connectivity index (χ3v) is 6.32. The molecule has 1 amide bonds. The molecule has 0 bridgehead atoms. The lowest BCUT2D eigenvalue weighted by atomic mass is 10.0. The van der Waals surface area contributed by atoms with Crippen LogP contribution in [-0.4, -0.2) is 38.6 Å². The molecule has 0 aliphatic carbocycles. The molecule has 1 aliphatic heterocycles. The molecule has 0 unspecified atom stereocenters. The number of sulfonamides is 1. The molecule has 0 spiro atoms. The Morgan fingerprint density at radius 1 is 1.17 bits per heavy atom. The van der Waals surface area contributed by atoms with Gasteiger partial charge in [-0.25, -0.2) is 12.8 Å². The summed E-state index contributed by atoms with van der Waals surface area (Å²) in [6, 6.07) is 9.44. The zero-order valence-electron chi connectivity index (χ0n) is 17.1. The number of benzene rings is 2. The number of nitrogens with zero attached hydrogens (tertiary/aromatic N) is 1. The van der Waals surface area contributed by atoms with Crippen molar-refractivity contribution in [1.29, 1.82) is 0 Å². The first-order valence-electron chi connectivity index (χ1n) is 9.67. The van der Waals surface area contributed by atoms with Crippen LogP contribution >= 0.6 is 0 Å². The summed E-state index contributed by atoms with van der Waals surface area (Å²) in [5.41, 5.74) is 0.828. The normalized spacial score (nSPS) is 14.0. The number of nitrogens with one attached hydrogen (secondary N) is 1. The average Bonchev–Trinajstić information content (AvgIpc) is 3.17. The topological polar surface area (TPSA) is 84.9 Å². The van der Waals surface area contributed by atoms with E-state index in [0.29, 0.717) is 18.0 Å². The molecule has 0 saturated heterocycles. The van der Waals surface area contributed by atoms with Crippen molar-refractivity contribution < 1.29 is 27.1 Å². The summed E-state index contributed by atoms with van der Waals surface area (Å²) in [6.45, 7) is 6.09. The van der Waals surface area contributed by atoms with Crippen LogP contribution in [0, 0.1) is 11.7 Å². The number of ether oxygens (including phenoxy) is 2. The molecule has 1 atom stereocenters. The smallest absolute Gasteiger partial charge is 0.244 e. The lowest BCUT2D eigenvalue weighted by molar-refractivity contribution is -0.134. The van der Waals surface area contributed by atoms with E-state index in [1.165, 1.54) is 18.2 Å². The van der Waals surface area contributed by atoms with Crippen molar-refractivity contribution in [3.63, 3.8) is 0 Å². The van der Waals surface area contributed by atoms with Crippen molar-refractivity contribution >= 4 is 15.9 Å². The molecule has 1 heterocycles. The summed E-state index contributed by atoms with van der Waals surface area (Å²) >= 11 is 0. The predicted octanol–water partition coefficient (Wildman–Crippen LogP) is 2.91. The van der Waals surface area contributed by atoms with Gasteiger partial charge in [0.05, 0.1) is 0 Å². The van der Waals surface area contributed by atoms with E-state index in [2.05, 4.69) is 4.72 Å². The van der Waals surface area contributed by atoms with Crippen LogP contribution in [0.1, 0.15) is 26.3 Å². The van der Waals surface area contributed by atoms with Crippen LogP contribution in [0.2, 0.25) is 0 Å². The minimum absolute atomic E-state index is 0.155. The number of rotatable bonds is 8. The Kier molecular flexibility index (Phi) is 6.62. The summed E-state index contributed by atoms with van der Waals surface area (Å²) < 4.78 is 52.5. The molecule has 0 aromatic heterocycles. The lowest BCUT2D eigenvalue weighted by Gasteiger charge is -2.29. The number of likely N-dealkylation sites (N-methyl/N-ethyl adjacent to an activating group) is 1. The number of fused-ring (bicyclic) bond motifs is 1. The second-order valence-electron chi connectivity index (χ2n) is 7.31. The van der Waals surface area contributed by atoms with Crippen molar-refractivity contribution in [2.45, 2.75) is 38.3 Å². The molecule has 2 aromatic carbocycles. The van der Waals surface area contributed by atoms with Gasteiger partial charge in [0, 0.05) is 13.1 Å². The van der Waals surface area contributed by atoms with Gasteiger partial charge in [-0.15, -0.1) is 0 Å². The molecule has 30 heavy (non-hydrogen) atoms. The minimum Gasteiger partial charge on any atom is -0.454 e. The van der Waals surface area contributed by atoms with Crippen LogP contribution < -0.4 is 14.2 Å². The Hall–Kier alpha value is -2.65. The van der Waals surface area contributed by atoms with E-state index in [9.17, 15) is 17.6 Å². The zero-order chi connectivity index (χ0) is 21.9. The van der Waals surface area contributed by atoms with Crippen LogP contribution in [0.15, 0.2) is 47.4 Å². The standard InChI is InChI=1S/C21H25FN2O5S/c1-4-24(12-15-9-10-17-18(11-15)29-13-28-17)21(25)20(14(2)3)23-30(26,27)19-8-6-5-7-16(19)22/h5-11,14,20,23H,4,12-13H2,1-3H3/t20-/m0/s1. The third kappa shape index (κ3) is 4.73. The van der Waals surface area contributed by atoms with E-state index in [4.69, 9.17) is 9.47 Å². The van der Waals surface area contributed by atoms with Gasteiger partial charge in [-0.05, 0) is 42.7 Å². The van der Waals surface area contributed by atoms with Crippen LogP contribution in [0.3, 0.4) is 0 Å². The summed E-state index contributed by atoms with van der Waals surface area (Å²) in [5, 5.41) is 0. The molecule has 1 N–H and O–H groups in total. The first-order chi connectivity index (χ1) is 14.2. The molecule has 0 fully saturated rings. The molecule has 2 aromatic rings. The molecule has 9 heteroatoms. The fraction of sp³-hybridized carbons (Fsp3) is 0.381. The third-order valence-electron chi connectivity index (χ3n) is 4.84. The average molecular weight is 437 g/mol. The molecule has 7 nitrogen and oxygen atoms in total. The Bertz CT molecular complexity index is 1030. The fourth-order valence-electron chi connectivity index (χ4n) is 3.17. The summed E-state index contributed by atoms with van der Waals surface area (Å²) in [7, 11) is -4.21. The van der Waals surface area contributed by atoms with Crippen molar-refractivity contribution in [3.8, 4) is 11.5 Å². The van der Waals surface area contributed by atoms with Gasteiger partial charge in [-0.1, -0.05) is 32.0 Å². The first-order valence-corrected chi connectivity index (χ1v) is 11.2. The maximum absolute atomic E-state index is 14.0. The van der Waals surface area contributed by atoms with Gasteiger partial charge in [0.1, 0.15) is 16.8 Å². The number of carbonyl (C=O) groups is 1. The Morgan fingerprint density at radius 3 is 2.53 bits per heavy atom. The highest BCUT2D eigenvalue weighted by Crippen LogP contribution is 2.33. The van der Waals surface area contributed by atoms with Gasteiger partial charge in [0.15, 0.2) is 11.5 Å². The summed E-state index contributed by atoms with van der Waals surface area (Å²) in [5.74, 6) is -0.343. The van der Waals surface area contributed by atoms with E-state index >= 15 is 0 Å². The van der Waals surface area contributed by atoms with E-state index in [0.717, 1.165) is 11.6 Å². The number of carbonyl (C=O) groups excluding carboxylic acids is 1. The maximum Gasteiger partial charge on any atom is 0.244 e. The van der Waals surface area contributed by atoms with Crippen LogP contribution in [-0.2, 0) is 21.4 Å². The van der Waals surface area contributed by atoms with E-state index < -0.39 is 26.8 Å². The van der Waals surface area contributed by atoms with Crippen molar-refractivity contribution in [1.82, 2.24) is 9.62 Å². The minimum atomic E-state index is -4.21. The van der Waals surface area contributed by atoms with Crippen LogP contribution in [0.5, 0.6) is 11.5 Å². The Labute approximate surface area is 175 Å². The van der Waals surface area contributed by atoms with Crippen LogP contribution in [0.4, 0.5) is 4.39 Å². The highest BCUT2D eigenvalue weighted by Gasteiger charge is 2.32. The molecule has 1 aliphatic rings. The van der Waals surface area contributed by atoms with Crippen molar-refractivity contribution in [2.75, 3.05) is 13.3 Å². The zero-order valence-corrected chi connectivity index (χ0v) is 17.9. The Balaban J connectivity index is 1.80. The van der Waals surface area contributed by atoms with Crippen molar-refractivity contribution in [3.05, 3.63) is 53.8 Å². The molecule has 0 radical (unpaired) electrons. The number of hydrogen-bond donors (Lipinski definition) is 1. The summed E-state index contributed by atoms with van der Waals surface area (Å²) in [6.07, 6.45) is 0. The Morgan fingerprint density at radius 2 is 1.87 bits per heavy atom. The number of halogens is 1. The number of hydrogen-bond acceptors (Lipinski definition) is 5. The van der Waals surface area contributed by atoms with E-state index in [1.54, 1.807) is 30.9 Å². The maximum atomic E-state index is 14.0. The van der Waals surface area contributed by atoms with E-state index in [-0.39, 0.29) is 25.2 Å². The molecular weight excluding hydrogens is 411 g/mol. The largest absolute Gasteiger partial charge is 0.454 e. The number of amides is 1. The predicted molar refractivity (Wildman–Crippen MR) is 109 cm³/mol. The highest BCUT2D eigenvalue weighted by molar-refractivity contribution is 7.89. The van der Waals surface area contributed by atoms with Gasteiger partial charge >= 0.3 is 0 Å². The van der Waals surface area contributed by atoms with Gasteiger partial charge in [-0.2, -0.15) is 4.72 Å². The first kappa shape index (κ1) is 22.0. The van der Waals surface area contributed by atoms with Gasteiger partial charge in [-0.3, -0.25) is 4.79 Å². The second-order valence-corrected chi connectivity index (χ2v) is 9.00. The molecule has 0 saturated carbocycles. The lowest BCUT2D eigenvalue weighted by Crippen LogP contribution is -2.51. The summed E-state index contributed by atoms with van der Waals surface area (Å²) in [4.78, 5) is 14.3. The van der Waals surface area contributed by atoms with Crippen molar-refractivity contribution in [2.24, 2.45) is 5.92 Å². The molecule has 162 valence electrons. The monoisotopic (exact) mass is 436 g/mol. The molecular formula is C21H25FN2O5S. The SMILES string of the molecule is CCN(Cc1ccc2c(c1)OCO2)C(=O)[C@@H](NS(=O)(=O)c1ccccc1F)C(C)C. The van der Waals surface area contributed by atoms with E-state index in [1.807, 2.05) is 13.0 Å². The quantitative estimate of drug-likeness (QED) is 0.688. The fourth-order valence-corrected chi connectivity index (χ4v) is 4.58.